The molecule has 1 aromatic carbocycles. The van der Waals surface area contributed by atoms with E-state index in [0.717, 1.165) is 18.7 Å². The van der Waals surface area contributed by atoms with Crippen LogP contribution in [0, 0.1) is 0 Å². The summed E-state index contributed by atoms with van der Waals surface area (Å²) in [7, 11) is 3.92. The van der Waals surface area contributed by atoms with Crippen molar-refractivity contribution in [2.45, 2.75) is 19.8 Å². The predicted octanol–water partition coefficient (Wildman–Crippen LogP) is 1.84. The monoisotopic (exact) mass is 303 g/mol. The van der Waals surface area contributed by atoms with E-state index >= 15 is 0 Å². The summed E-state index contributed by atoms with van der Waals surface area (Å²) in [6.07, 6.45) is 1.36. The van der Waals surface area contributed by atoms with Gasteiger partial charge in [0.25, 0.3) is 5.91 Å². The third-order valence-corrected chi connectivity index (χ3v) is 4.05. The average molecular weight is 303 g/mol. The van der Waals surface area contributed by atoms with Gasteiger partial charge in [-0.2, -0.15) is 0 Å². The van der Waals surface area contributed by atoms with Crippen molar-refractivity contribution in [3.05, 3.63) is 29.8 Å². The highest BCUT2D eigenvalue weighted by molar-refractivity contribution is 5.95. The van der Waals surface area contributed by atoms with Crippen molar-refractivity contribution >= 4 is 17.5 Å². The van der Waals surface area contributed by atoms with Crippen molar-refractivity contribution in [3.63, 3.8) is 0 Å². The molecule has 2 amide bonds. The van der Waals surface area contributed by atoms with E-state index in [9.17, 15) is 9.59 Å². The van der Waals surface area contributed by atoms with E-state index in [1.54, 1.807) is 0 Å². The number of benzene rings is 1. The number of carbonyl (C=O) groups is 2. The predicted molar refractivity (Wildman–Crippen MR) is 88.2 cm³/mol. The molecule has 1 saturated heterocycles. The topological polar surface area (TPSA) is 43.9 Å². The molecule has 1 aliphatic heterocycles. The van der Waals surface area contributed by atoms with Gasteiger partial charge in [-0.1, -0.05) is 13.0 Å². The highest BCUT2D eigenvalue weighted by Crippen LogP contribution is 2.16. The first-order chi connectivity index (χ1) is 10.5. The van der Waals surface area contributed by atoms with E-state index in [1.165, 1.54) is 0 Å². The van der Waals surface area contributed by atoms with Crippen LogP contribution in [-0.4, -0.2) is 61.9 Å². The number of anilines is 1. The van der Waals surface area contributed by atoms with Crippen LogP contribution >= 0.6 is 0 Å². The molecule has 0 N–H and O–H groups in total. The third-order valence-electron chi connectivity index (χ3n) is 4.05. The van der Waals surface area contributed by atoms with Gasteiger partial charge >= 0.3 is 0 Å². The van der Waals surface area contributed by atoms with E-state index in [4.69, 9.17) is 0 Å². The third kappa shape index (κ3) is 3.78. The molecule has 0 bridgehead atoms. The molecule has 120 valence electrons. The zero-order valence-corrected chi connectivity index (χ0v) is 13.7. The Labute approximate surface area is 132 Å². The maximum absolute atomic E-state index is 12.7. The fourth-order valence-electron chi connectivity index (χ4n) is 2.69. The molecule has 5 nitrogen and oxygen atoms in total. The Morgan fingerprint density at radius 1 is 1.09 bits per heavy atom. The SMILES string of the molecule is CCC(=O)N1CCCN(C(=O)c2cccc(N(C)C)c2)CC1. The van der Waals surface area contributed by atoms with Crippen LogP contribution in [0.2, 0.25) is 0 Å². The molecule has 0 spiro atoms. The van der Waals surface area contributed by atoms with Gasteiger partial charge in [0.05, 0.1) is 0 Å². The average Bonchev–Trinajstić information content (AvgIpc) is 2.79. The molecule has 0 saturated carbocycles. The Hall–Kier alpha value is -2.04. The second kappa shape index (κ2) is 7.29. The van der Waals surface area contributed by atoms with Crippen LogP contribution in [0.5, 0.6) is 0 Å². The summed E-state index contributed by atoms with van der Waals surface area (Å²) in [5.41, 5.74) is 1.73. The number of amides is 2. The molecule has 2 rings (SSSR count). The maximum Gasteiger partial charge on any atom is 0.253 e. The van der Waals surface area contributed by atoms with Crippen molar-refractivity contribution in [1.29, 1.82) is 0 Å². The van der Waals surface area contributed by atoms with Crippen LogP contribution in [0.4, 0.5) is 5.69 Å². The van der Waals surface area contributed by atoms with Crippen molar-refractivity contribution in [1.82, 2.24) is 9.80 Å². The molecule has 0 radical (unpaired) electrons. The van der Waals surface area contributed by atoms with E-state index in [1.807, 2.05) is 60.0 Å². The molecule has 5 heteroatoms. The Morgan fingerprint density at radius 2 is 1.77 bits per heavy atom. The molecule has 1 aromatic rings. The van der Waals surface area contributed by atoms with Gasteiger partial charge in [-0.3, -0.25) is 9.59 Å². The summed E-state index contributed by atoms with van der Waals surface area (Å²) in [5.74, 6) is 0.221. The largest absolute Gasteiger partial charge is 0.378 e. The zero-order valence-electron chi connectivity index (χ0n) is 13.7. The first kappa shape index (κ1) is 16.3. The molecular weight excluding hydrogens is 278 g/mol. The lowest BCUT2D eigenvalue weighted by Crippen LogP contribution is -2.37. The number of carbonyl (C=O) groups excluding carboxylic acids is 2. The summed E-state index contributed by atoms with van der Waals surface area (Å²) < 4.78 is 0. The minimum Gasteiger partial charge on any atom is -0.378 e. The fourth-order valence-corrected chi connectivity index (χ4v) is 2.69. The normalized spacial score (nSPS) is 15.4. The van der Waals surface area contributed by atoms with Crippen LogP contribution < -0.4 is 4.90 Å². The second-order valence-corrected chi connectivity index (χ2v) is 5.82. The molecule has 1 aliphatic rings. The van der Waals surface area contributed by atoms with Crippen LogP contribution in [0.1, 0.15) is 30.1 Å². The summed E-state index contributed by atoms with van der Waals surface area (Å²) in [5, 5.41) is 0. The van der Waals surface area contributed by atoms with Crippen molar-refractivity contribution in [2.24, 2.45) is 0 Å². The molecule has 0 aromatic heterocycles. The highest BCUT2D eigenvalue weighted by atomic mass is 16.2. The first-order valence-electron chi connectivity index (χ1n) is 7.87. The van der Waals surface area contributed by atoms with Gasteiger partial charge in [-0.25, -0.2) is 0 Å². The van der Waals surface area contributed by atoms with E-state index in [0.29, 0.717) is 31.6 Å². The Balaban J connectivity index is 2.07. The van der Waals surface area contributed by atoms with Gasteiger partial charge in [0.1, 0.15) is 0 Å². The lowest BCUT2D eigenvalue weighted by molar-refractivity contribution is -0.130. The minimum absolute atomic E-state index is 0.0505. The zero-order chi connectivity index (χ0) is 16.1. The maximum atomic E-state index is 12.7. The molecule has 1 fully saturated rings. The van der Waals surface area contributed by atoms with Crippen LogP contribution in [0.15, 0.2) is 24.3 Å². The van der Waals surface area contributed by atoms with Gasteiger partial charge in [0, 0.05) is 57.9 Å². The molecule has 0 unspecified atom stereocenters. The lowest BCUT2D eigenvalue weighted by Gasteiger charge is -2.22. The minimum atomic E-state index is 0.0505. The fraction of sp³-hybridized carbons (Fsp3) is 0.529. The van der Waals surface area contributed by atoms with Gasteiger partial charge in [0.15, 0.2) is 0 Å². The quantitative estimate of drug-likeness (QED) is 0.856. The van der Waals surface area contributed by atoms with Crippen molar-refractivity contribution in [3.8, 4) is 0 Å². The summed E-state index contributed by atoms with van der Waals surface area (Å²) in [4.78, 5) is 30.2. The second-order valence-electron chi connectivity index (χ2n) is 5.82. The Kier molecular flexibility index (Phi) is 5.41. The molecule has 22 heavy (non-hydrogen) atoms. The smallest absolute Gasteiger partial charge is 0.253 e. The molecule has 1 heterocycles. The number of rotatable bonds is 3. The first-order valence-corrected chi connectivity index (χ1v) is 7.87. The molecule has 0 aliphatic carbocycles. The number of nitrogens with zero attached hydrogens (tertiary/aromatic N) is 3. The Morgan fingerprint density at radius 3 is 2.45 bits per heavy atom. The highest BCUT2D eigenvalue weighted by Gasteiger charge is 2.22. The van der Waals surface area contributed by atoms with E-state index < -0.39 is 0 Å². The van der Waals surface area contributed by atoms with E-state index in [-0.39, 0.29) is 11.8 Å². The van der Waals surface area contributed by atoms with Crippen molar-refractivity contribution in [2.75, 3.05) is 45.2 Å². The Bertz CT molecular complexity index is 542. The standard InChI is InChI=1S/C17H25N3O2/c1-4-16(21)19-9-6-10-20(12-11-19)17(22)14-7-5-8-15(13-14)18(2)3/h5,7-8,13H,4,6,9-12H2,1-3H3. The number of hydrogen-bond acceptors (Lipinski definition) is 3. The lowest BCUT2D eigenvalue weighted by atomic mass is 10.1. The van der Waals surface area contributed by atoms with Gasteiger partial charge in [-0.15, -0.1) is 0 Å². The van der Waals surface area contributed by atoms with Crippen molar-refractivity contribution < 1.29 is 9.59 Å². The summed E-state index contributed by atoms with van der Waals surface area (Å²) >= 11 is 0. The van der Waals surface area contributed by atoms with Crippen LogP contribution in [0.3, 0.4) is 0 Å². The summed E-state index contributed by atoms with van der Waals surface area (Å²) in [6, 6.07) is 7.67. The molecular formula is C17H25N3O2. The van der Waals surface area contributed by atoms with E-state index in [2.05, 4.69) is 0 Å². The molecule has 0 atom stereocenters. The summed E-state index contributed by atoms with van der Waals surface area (Å²) in [6.45, 7) is 4.57. The number of hydrogen-bond donors (Lipinski definition) is 0. The van der Waals surface area contributed by atoms with Crippen LogP contribution in [0.25, 0.3) is 0 Å². The van der Waals surface area contributed by atoms with Gasteiger partial charge in [0.2, 0.25) is 5.91 Å². The van der Waals surface area contributed by atoms with Gasteiger partial charge in [-0.05, 0) is 24.6 Å². The van der Waals surface area contributed by atoms with Crippen LogP contribution in [-0.2, 0) is 4.79 Å². The van der Waals surface area contributed by atoms with Gasteiger partial charge < -0.3 is 14.7 Å².